The van der Waals surface area contributed by atoms with E-state index in [9.17, 15) is 4.79 Å². The number of carbonyl (C=O) groups is 1. The zero-order chi connectivity index (χ0) is 15.5. The second-order valence-electron chi connectivity index (χ2n) is 5.33. The van der Waals surface area contributed by atoms with Crippen molar-refractivity contribution >= 4 is 17.3 Å². The first-order valence-corrected chi connectivity index (χ1v) is 7.26. The lowest BCUT2D eigenvalue weighted by Gasteiger charge is -2.14. The van der Waals surface area contributed by atoms with E-state index in [2.05, 4.69) is 5.10 Å². The van der Waals surface area contributed by atoms with Crippen LogP contribution in [0.3, 0.4) is 0 Å². The second-order valence-corrected chi connectivity index (χ2v) is 5.33. The van der Waals surface area contributed by atoms with Crippen molar-refractivity contribution < 1.29 is 9.53 Å². The van der Waals surface area contributed by atoms with Crippen molar-refractivity contribution in [1.82, 2.24) is 0 Å². The second kappa shape index (κ2) is 6.02. The molecule has 2 aromatic rings. The molecular formula is C18H18N2O2. The van der Waals surface area contributed by atoms with Crippen LogP contribution in [0.1, 0.15) is 12.5 Å². The first-order chi connectivity index (χ1) is 10.7. The highest BCUT2D eigenvalue weighted by molar-refractivity contribution is 6.14. The van der Waals surface area contributed by atoms with Crippen LogP contribution >= 0.6 is 0 Å². The predicted octanol–water partition coefficient (Wildman–Crippen LogP) is 3.28. The molecule has 0 fully saturated rings. The number of methoxy groups -OCH3 is 1. The molecule has 2 aromatic carbocycles. The maximum atomic E-state index is 12.6. The number of rotatable bonds is 4. The number of amides is 1. The molecule has 4 nitrogen and oxygen atoms in total. The Morgan fingerprint density at radius 3 is 2.41 bits per heavy atom. The monoisotopic (exact) mass is 294 g/mol. The van der Waals surface area contributed by atoms with Gasteiger partial charge in [0.15, 0.2) is 0 Å². The molecular weight excluding hydrogens is 276 g/mol. The van der Waals surface area contributed by atoms with Crippen LogP contribution < -0.4 is 9.75 Å². The van der Waals surface area contributed by atoms with Crippen LogP contribution in [0.5, 0.6) is 5.75 Å². The van der Waals surface area contributed by atoms with E-state index in [1.54, 1.807) is 7.11 Å². The Kier molecular flexibility index (Phi) is 3.92. The standard InChI is InChI=1S/C18H18N2O2/c1-13-17(12-14-8-10-16(22-2)11-9-14)18(21)20(19-13)15-6-4-3-5-7-15/h3-11,17H,12H2,1-2H3/t17-/m1/s1. The fourth-order valence-corrected chi connectivity index (χ4v) is 2.59. The molecule has 0 bridgehead atoms. The highest BCUT2D eigenvalue weighted by atomic mass is 16.5. The summed E-state index contributed by atoms with van der Waals surface area (Å²) in [6, 6.07) is 17.3. The van der Waals surface area contributed by atoms with Gasteiger partial charge >= 0.3 is 0 Å². The zero-order valence-corrected chi connectivity index (χ0v) is 12.7. The van der Waals surface area contributed by atoms with E-state index < -0.39 is 0 Å². The lowest BCUT2D eigenvalue weighted by Crippen LogP contribution is -2.28. The summed E-state index contributed by atoms with van der Waals surface area (Å²) < 4.78 is 5.16. The Bertz CT molecular complexity index is 693. The maximum Gasteiger partial charge on any atom is 0.256 e. The first kappa shape index (κ1) is 14.3. The summed E-state index contributed by atoms with van der Waals surface area (Å²) in [6.45, 7) is 1.91. The van der Waals surface area contributed by atoms with Crippen molar-refractivity contribution in [2.24, 2.45) is 11.0 Å². The first-order valence-electron chi connectivity index (χ1n) is 7.26. The summed E-state index contributed by atoms with van der Waals surface area (Å²) in [5, 5.41) is 5.93. The largest absolute Gasteiger partial charge is 0.497 e. The number of benzene rings is 2. The summed E-state index contributed by atoms with van der Waals surface area (Å²) in [7, 11) is 1.64. The molecule has 0 saturated carbocycles. The third-order valence-corrected chi connectivity index (χ3v) is 3.87. The Balaban J connectivity index is 1.78. The van der Waals surface area contributed by atoms with Gasteiger partial charge in [-0.2, -0.15) is 5.10 Å². The summed E-state index contributed by atoms with van der Waals surface area (Å²) in [4.78, 5) is 12.6. The fourth-order valence-electron chi connectivity index (χ4n) is 2.59. The Morgan fingerprint density at radius 2 is 1.77 bits per heavy atom. The zero-order valence-electron chi connectivity index (χ0n) is 12.7. The van der Waals surface area contributed by atoms with Gasteiger partial charge in [0.2, 0.25) is 0 Å². The maximum absolute atomic E-state index is 12.6. The molecule has 22 heavy (non-hydrogen) atoms. The van der Waals surface area contributed by atoms with Crippen molar-refractivity contribution in [3.63, 3.8) is 0 Å². The molecule has 0 spiro atoms. The molecule has 112 valence electrons. The molecule has 0 saturated heterocycles. The van der Waals surface area contributed by atoms with Gasteiger partial charge < -0.3 is 4.74 Å². The number of hydrogen-bond donors (Lipinski definition) is 0. The van der Waals surface area contributed by atoms with Gasteiger partial charge in [-0.05, 0) is 43.2 Å². The third-order valence-electron chi connectivity index (χ3n) is 3.87. The lowest BCUT2D eigenvalue weighted by atomic mass is 9.95. The summed E-state index contributed by atoms with van der Waals surface area (Å²) >= 11 is 0. The highest BCUT2D eigenvalue weighted by Crippen LogP contribution is 2.26. The molecule has 1 aliphatic heterocycles. The van der Waals surface area contributed by atoms with Crippen LogP contribution in [0, 0.1) is 5.92 Å². The van der Waals surface area contributed by atoms with Crippen LogP contribution in [0.25, 0.3) is 0 Å². The molecule has 0 radical (unpaired) electrons. The summed E-state index contributed by atoms with van der Waals surface area (Å²) in [5.74, 6) is 0.644. The minimum Gasteiger partial charge on any atom is -0.497 e. The molecule has 1 atom stereocenters. The van der Waals surface area contributed by atoms with Crippen molar-refractivity contribution in [2.45, 2.75) is 13.3 Å². The van der Waals surface area contributed by atoms with Crippen LogP contribution in [0.2, 0.25) is 0 Å². The van der Waals surface area contributed by atoms with Crippen LogP contribution in [0.4, 0.5) is 5.69 Å². The van der Waals surface area contributed by atoms with Crippen LogP contribution in [-0.2, 0) is 11.2 Å². The summed E-state index contributed by atoms with van der Waals surface area (Å²) in [5.41, 5.74) is 2.76. The van der Waals surface area contributed by atoms with Crippen LogP contribution in [-0.4, -0.2) is 18.7 Å². The normalized spacial score (nSPS) is 17.5. The van der Waals surface area contributed by atoms with Crippen LogP contribution in [0.15, 0.2) is 59.7 Å². The highest BCUT2D eigenvalue weighted by Gasteiger charge is 2.34. The SMILES string of the molecule is COc1ccc(C[C@H]2C(=O)N(c3ccccc3)N=C2C)cc1. The smallest absolute Gasteiger partial charge is 0.256 e. The minimum absolute atomic E-state index is 0.0273. The van der Waals surface area contributed by atoms with Crippen molar-refractivity contribution in [3.8, 4) is 5.75 Å². The quantitative estimate of drug-likeness (QED) is 0.868. The molecule has 0 aliphatic carbocycles. The molecule has 1 amide bonds. The Morgan fingerprint density at radius 1 is 1.09 bits per heavy atom. The molecule has 0 aromatic heterocycles. The number of anilines is 1. The molecule has 3 rings (SSSR count). The number of ether oxygens (including phenoxy) is 1. The van der Waals surface area contributed by atoms with E-state index in [-0.39, 0.29) is 11.8 Å². The van der Waals surface area contributed by atoms with Gasteiger partial charge in [-0.15, -0.1) is 0 Å². The molecule has 1 aliphatic rings. The molecule has 4 heteroatoms. The lowest BCUT2D eigenvalue weighted by molar-refractivity contribution is -0.119. The molecule has 0 N–H and O–H groups in total. The minimum atomic E-state index is -0.200. The van der Waals surface area contributed by atoms with Crippen molar-refractivity contribution in [1.29, 1.82) is 0 Å². The van der Waals surface area contributed by atoms with Gasteiger partial charge in [0, 0.05) is 5.71 Å². The number of hydrazone groups is 1. The summed E-state index contributed by atoms with van der Waals surface area (Å²) in [6.07, 6.45) is 0.654. The number of para-hydroxylation sites is 1. The number of carbonyl (C=O) groups excluding carboxylic acids is 1. The Labute approximate surface area is 130 Å². The fraction of sp³-hybridized carbons (Fsp3) is 0.222. The van der Waals surface area contributed by atoms with Gasteiger partial charge in [0.05, 0.1) is 18.7 Å². The van der Waals surface area contributed by atoms with Gasteiger partial charge in [-0.1, -0.05) is 30.3 Å². The number of nitrogens with zero attached hydrogens (tertiary/aromatic N) is 2. The van der Waals surface area contributed by atoms with Gasteiger partial charge in [0.25, 0.3) is 5.91 Å². The van der Waals surface area contributed by atoms with E-state index in [1.807, 2.05) is 61.5 Å². The molecule has 0 unspecified atom stereocenters. The third kappa shape index (κ3) is 2.72. The van der Waals surface area contributed by atoms with E-state index in [0.29, 0.717) is 6.42 Å². The van der Waals surface area contributed by atoms with Gasteiger partial charge in [-0.3, -0.25) is 4.79 Å². The van der Waals surface area contributed by atoms with Crippen molar-refractivity contribution in [2.75, 3.05) is 12.1 Å². The Hall–Kier alpha value is -2.62. The average molecular weight is 294 g/mol. The topological polar surface area (TPSA) is 41.9 Å². The van der Waals surface area contributed by atoms with E-state index >= 15 is 0 Å². The number of hydrogen-bond acceptors (Lipinski definition) is 3. The van der Waals surface area contributed by atoms with E-state index in [0.717, 1.165) is 22.7 Å². The molecule has 1 heterocycles. The van der Waals surface area contributed by atoms with Gasteiger partial charge in [-0.25, -0.2) is 5.01 Å². The average Bonchev–Trinajstić information content (AvgIpc) is 2.84. The predicted molar refractivity (Wildman–Crippen MR) is 87.2 cm³/mol. The van der Waals surface area contributed by atoms with E-state index in [1.165, 1.54) is 5.01 Å². The van der Waals surface area contributed by atoms with Crippen molar-refractivity contribution in [3.05, 3.63) is 60.2 Å². The van der Waals surface area contributed by atoms with E-state index in [4.69, 9.17) is 4.74 Å². The van der Waals surface area contributed by atoms with Gasteiger partial charge in [0.1, 0.15) is 5.75 Å².